The van der Waals surface area contributed by atoms with Gasteiger partial charge in [-0.15, -0.1) is 0 Å². The molecule has 0 saturated carbocycles. The van der Waals surface area contributed by atoms with E-state index in [0.29, 0.717) is 34.8 Å². The van der Waals surface area contributed by atoms with E-state index in [9.17, 15) is 18.0 Å². The molecule has 0 radical (unpaired) electrons. The first kappa shape index (κ1) is 28.8. The van der Waals surface area contributed by atoms with Gasteiger partial charge in [-0.05, 0) is 50.1 Å². The summed E-state index contributed by atoms with van der Waals surface area (Å²) in [6, 6.07) is 16.1. The number of H-pyrrole nitrogens is 1. The number of carbonyl (C=O) groups excluding carboxylic acids is 2. The number of hydrogen-bond acceptors (Lipinski definition) is 8. The minimum atomic E-state index is -3.45. The van der Waals surface area contributed by atoms with Crippen LogP contribution in [-0.2, 0) is 32.2 Å². The molecule has 0 bridgehead atoms. The van der Waals surface area contributed by atoms with Gasteiger partial charge in [0, 0.05) is 19.0 Å². The highest BCUT2D eigenvalue weighted by atomic mass is 32.2. The molecule has 0 aliphatic carbocycles. The van der Waals surface area contributed by atoms with Crippen LogP contribution in [0.5, 0.6) is 0 Å². The fourth-order valence-electron chi connectivity index (χ4n) is 4.09. The van der Waals surface area contributed by atoms with Gasteiger partial charge in [0.1, 0.15) is 16.9 Å². The number of sulfone groups is 1. The smallest absolute Gasteiger partial charge is 0.408 e. The van der Waals surface area contributed by atoms with Gasteiger partial charge in [-0.1, -0.05) is 43.3 Å². The minimum absolute atomic E-state index is 0.0193. The fourth-order valence-corrected chi connectivity index (χ4v) is 5.15. The van der Waals surface area contributed by atoms with E-state index in [1.807, 2.05) is 30.3 Å². The van der Waals surface area contributed by atoms with Gasteiger partial charge in [-0.2, -0.15) is 0 Å². The second kappa shape index (κ2) is 11.9. The number of anilines is 2. The summed E-state index contributed by atoms with van der Waals surface area (Å²) in [6.45, 7) is 6.75. The maximum Gasteiger partial charge on any atom is 0.408 e. The number of nitrogens with zero attached hydrogens (tertiary/aromatic N) is 2. The third-order valence-electron chi connectivity index (χ3n) is 5.89. The molecule has 4 aromatic rings. The van der Waals surface area contributed by atoms with Gasteiger partial charge in [0.25, 0.3) is 0 Å². The second-order valence-corrected chi connectivity index (χ2v) is 12.6. The summed E-state index contributed by atoms with van der Waals surface area (Å²) in [7, 11) is -3.45. The van der Waals surface area contributed by atoms with Gasteiger partial charge < -0.3 is 20.4 Å². The van der Waals surface area contributed by atoms with Gasteiger partial charge in [0.2, 0.25) is 0 Å². The van der Waals surface area contributed by atoms with E-state index in [0.717, 1.165) is 11.1 Å². The number of ether oxygens (including phenoxy) is 1. The van der Waals surface area contributed by atoms with E-state index in [-0.39, 0.29) is 29.4 Å². The number of alkyl carbamates (subject to hydrolysis) is 1. The number of benzene rings is 2. The molecule has 40 heavy (non-hydrogen) atoms. The molecule has 0 atom stereocenters. The Morgan fingerprint density at radius 1 is 1.00 bits per heavy atom. The highest BCUT2D eigenvalue weighted by molar-refractivity contribution is 7.91. The maximum absolute atomic E-state index is 12.6. The first-order chi connectivity index (χ1) is 18.9. The minimum Gasteiger partial charge on any atom is -0.444 e. The van der Waals surface area contributed by atoms with Crippen LogP contribution in [-0.4, -0.2) is 53.1 Å². The van der Waals surface area contributed by atoms with E-state index >= 15 is 0 Å². The standard InChI is InChI=1S/C29H33N5O5S/c1-5-40(37,38)24-12-7-6-11-22(24)33-27-26-23(13-14-30-26)32-25(34-27)17-20-10-8-9-19(15-20)16-21(35)18-31-28(36)39-29(2,3)4/h6-15,30H,5,16-18H2,1-4H3,(H,31,36)(H,32,33,34). The largest absolute Gasteiger partial charge is 0.444 e. The lowest BCUT2D eigenvalue weighted by Gasteiger charge is -2.19. The number of aromatic amines is 1. The number of carbonyl (C=O) groups is 2. The average molecular weight is 564 g/mol. The Kier molecular flexibility index (Phi) is 8.53. The van der Waals surface area contributed by atoms with Gasteiger partial charge in [-0.25, -0.2) is 23.2 Å². The Labute approximate surface area is 233 Å². The molecule has 0 spiro atoms. The molecule has 0 unspecified atom stereocenters. The monoisotopic (exact) mass is 563 g/mol. The van der Waals surface area contributed by atoms with Crippen LogP contribution in [0.1, 0.15) is 44.6 Å². The molecule has 3 N–H and O–H groups in total. The number of hydrogen-bond donors (Lipinski definition) is 3. The Hall–Kier alpha value is -4.25. The van der Waals surface area contributed by atoms with Crippen LogP contribution in [0.4, 0.5) is 16.3 Å². The molecule has 210 valence electrons. The summed E-state index contributed by atoms with van der Waals surface area (Å²) >= 11 is 0. The number of amides is 1. The van der Waals surface area contributed by atoms with E-state index in [4.69, 9.17) is 9.72 Å². The molecule has 0 fully saturated rings. The van der Waals surface area contributed by atoms with Crippen LogP contribution in [0.3, 0.4) is 0 Å². The first-order valence-electron chi connectivity index (χ1n) is 12.9. The number of para-hydroxylation sites is 1. The van der Waals surface area contributed by atoms with Crippen molar-refractivity contribution >= 4 is 44.3 Å². The Balaban J connectivity index is 1.51. The highest BCUT2D eigenvalue weighted by Crippen LogP contribution is 2.28. The molecule has 2 aromatic carbocycles. The van der Waals surface area contributed by atoms with E-state index in [1.165, 1.54) is 0 Å². The zero-order valence-electron chi connectivity index (χ0n) is 22.9. The van der Waals surface area contributed by atoms with Crippen molar-refractivity contribution in [2.45, 2.75) is 51.0 Å². The lowest BCUT2D eigenvalue weighted by molar-refractivity contribution is -0.117. The first-order valence-corrected chi connectivity index (χ1v) is 14.6. The Bertz CT molecular complexity index is 1640. The molecule has 0 aliphatic rings. The third kappa shape index (κ3) is 7.44. The molecule has 0 aliphatic heterocycles. The average Bonchev–Trinajstić information content (AvgIpc) is 3.36. The van der Waals surface area contributed by atoms with Gasteiger partial charge in [0.15, 0.2) is 21.4 Å². The second-order valence-electron chi connectivity index (χ2n) is 10.3. The Morgan fingerprint density at radius 2 is 1.75 bits per heavy atom. The number of rotatable bonds is 10. The number of aromatic nitrogens is 3. The van der Waals surface area contributed by atoms with Crippen molar-refractivity contribution in [3.05, 3.63) is 77.7 Å². The summed E-state index contributed by atoms with van der Waals surface area (Å²) in [4.78, 5) is 37.0. The number of ketones is 1. The fraction of sp³-hybridized carbons (Fsp3) is 0.310. The van der Waals surface area contributed by atoms with Crippen molar-refractivity contribution < 1.29 is 22.7 Å². The molecule has 2 heterocycles. The van der Waals surface area contributed by atoms with Gasteiger partial charge in [0.05, 0.1) is 28.4 Å². The molecule has 1 amide bonds. The quantitative estimate of drug-likeness (QED) is 0.251. The van der Waals surface area contributed by atoms with Crippen LogP contribution < -0.4 is 10.6 Å². The summed E-state index contributed by atoms with van der Waals surface area (Å²) in [6.07, 6.45) is 1.66. The lowest BCUT2D eigenvalue weighted by Crippen LogP contribution is -2.35. The van der Waals surface area contributed by atoms with E-state index < -0.39 is 21.5 Å². The molecule has 10 nitrogen and oxygen atoms in total. The third-order valence-corrected chi connectivity index (χ3v) is 7.68. The topological polar surface area (TPSA) is 143 Å². The van der Waals surface area contributed by atoms with E-state index in [2.05, 4.69) is 20.6 Å². The zero-order chi connectivity index (χ0) is 28.9. The van der Waals surface area contributed by atoms with Crippen LogP contribution in [0.2, 0.25) is 0 Å². The van der Waals surface area contributed by atoms with Crippen LogP contribution in [0, 0.1) is 0 Å². The van der Waals surface area contributed by atoms with Crippen molar-refractivity contribution in [1.29, 1.82) is 0 Å². The highest BCUT2D eigenvalue weighted by Gasteiger charge is 2.19. The van der Waals surface area contributed by atoms with Crippen molar-refractivity contribution in [2.24, 2.45) is 0 Å². The SMILES string of the molecule is CCS(=O)(=O)c1ccccc1Nc1nc(Cc2cccc(CC(=O)CNC(=O)OC(C)(C)C)c2)nc2cc[nH]c12. The summed E-state index contributed by atoms with van der Waals surface area (Å²) in [5, 5.41) is 5.68. The van der Waals surface area contributed by atoms with Crippen molar-refractivity contribution in [3.63, 3.8) is 0 Å². The molecule has 4 rings (SSSR count). The van der Waals surface area contributed by atoms with Crippen LogP contribution in [0.25, 0.3) is 11.0 Å². The molecular weight excluding hydrogens is 530 g/mol. The van der Waals surface area contributed by atoms with Gasteiger partial charge in [-0.3, -0.25) is 4.79 Å². The zero-order valence-corrected chi connectivity index (χ0v) is 23.8. The lowest BCUT2D eigenvalue weighted by atomic mass is 10.0. The van der Waals surface area contributed by atoms with Crippen LogP contribution >= 0.6 is 0 Å². The number of fused-ring (bicyclic) bond motifs is 1. The molecular formula is C29H33N5O5S. The predicted molar refractivity (Wildman–Crippen MR) is 154 cm³/mol. The summed E-state index contributed by atoms with van der Waals surface area (Å²) < 4.78 is 30.5. The van der Waals surface area contributed by atoms with Gasteiger partial charge >= 0.3 is 6.09 Å². The summed E-state index contributed by atoms with van der Waals surface area (Å²) in [5.41, 5.74) is 2.84. The normalized spacial score (nSPS) is 11.8. The van der Waals surface area contributed by atoms with Crippen LogP contribution in [0.15, 0.2) is 65.7 Å². The molecule has 11 heteroatoms. The predicted octanol–water partition coefficient (Wildman–Crippen LogP) is 4.72. The summed E-state index contributed by atoms with van der Waals surface area (Å²) in [5.74, 6) is 0.818. The number of Topliss-reactive ketones (excluding diaryl/α,β-unsaturated/α-hetero) is 1. The molecule has 2 aromatic heterocycles. The van der Waals surface area contributed by atoms with Crippen molar-refractivity contribution in [3.8, 4) is 0 Å². The Morgan fingerprint density at radius 3 is 2.50 bits per heavy atom. The molecule has 0 saturated heterocycles. The van der Waals surface area contributed by atoms with Crippen molar-refractivity contribution in [2.75, 3.05) is 17.6 Å². The van der Waals surface area contributed by atoms with Crippen molar-refractivity contribution in [1.82, 2.24) is 20.3 Å². The number of nitrogens with one attached hydrogen (secondary N) is 3. The van der Waals surface area contributed by atoms with E-state index in [1.54, 1.807) is 58.2 Å². The maximum atomic E-state index is 12.6.